The van der Waals surface area contributed by atoms with Crippen LogP contribution in [0.15, 0.2) is 36.4 Å². The largest absolute Gasteiger partial charge is 0.366 e. The third-order valence-corrected chi connectivity index (χ3v) is 2.73. The standard InChI is InChI=1S/C13H17N3/c1-2-11(9-14)15-13-8-7-10-5-3-4-6-12(10)16-13/h3-8,11H,2,9,14H2,1H3,(H,15,16). The van der Waals surface area contributed by atoms with Gasteiger partial charge in [-0.1, -0.05) is 25.1 Å². The second kappa shape index (κ2) is 4.94. The Morgan fingerprint density at radius 2 is 2.06 bits per heavy atom. The van der Waals surface area contributed by atoms with Crippen molar-refractivity contribution in [2.24, 2.45) is 5.73 Å². The van der Waals surface area contributed by atoms with Gasteiger partial charge in [-0.2, -0.15) is 0 Å². The smallest absolute Gasteiger partial charge is 0.126 e. The molecule has 3 nitrogen and oxygen atoms in total. The maximum Gasteiger partial charge on any atom is 0.126 e. The van der Waals surface area contributed by atoms with Gasteiger partial charge in [0.1, 0.15) is 5.82 Å². The zero-order valence-electron chi connectivity index (χ0n) is 9.48. The van der Waals surface area contributed by atoms with Gasteiger partial charge in [-0.15, -0.1) is 0 Å². The Balaban J connectivity index is 2.25. The van der Waals surface area contributed by atoms with Crippen LogP contribution in [0.1, 0.15) is 13.3 Å². The number of aromatic nitrogens is 1. The fraction of sp³-hybridized carbons (Fsp3) is 0.308. The number of hydrogen-bond acceptors (Lipinski definition) is 3. The van der Waals surface area contributed by atoms with Gasteiger partial charge in [0.25, 0.3) is 0 Å². The first-order chi connectivity index (χ1) is 7.83. The van der Waals surface area contributed by atoms with Crippen molar-refractivity contribution in [3.05, 3.63) is 36.4 Å². The number of anilines is 1. The number of nitrogens with one attached hydrogen (secondary N) is 1. The molecule has 0 spiro atoms. The summed E-state index contributed by atoms with van der Waals surface area (Å²) in [6, 6.07) is 12.5. The summed E-state index contributed by atoms with van der Waals surface area (Å²) >= 11 is 0. The summed E-state index contributed by atoms with van der Waals surface area (Å²) in [6.45, 7) is 2.75. The molecule has 1 heterocycles. The Bertz CT molecular complexity index is 463. The maximum absolute atomic E-state index is 5.65. The molecule has 0 amide bonds. The van der Waals surface area contributed by atoms with Crippen LogP contribution in [-0.2, 0) is 0 Å². The summed E-state index contributed by atoms with van der Waals surface area (Å²) in [6.07, 6.45) is 1.00. The molecule has 1 unspecified atom stereocenters. The summed E-state index contributed by atoms with van der Waals surface area (Å²) < 4.78 is 0. The quantitative estimate of drug-likeness (QED) is 0.823. The molecule has 16 heavy (non-hydrogen) atoms. The third-order valence-electron chi connectivity index (χ3n) is 2.73. The molecule has 84 valence electrons. The van der Waals surface area contributed by atoms with Gasteiger partial charge >= 0.3 is 0 Å². The Morgan fingerprint density at radius 3 is 2.81 bits per heavy atom. The van der Waals surface area contributed by atoms with Gasteiger partial charge in [-0.05, 0) is 24.6 Å². The molecule has 1 aromatic heterocycles. The molecule has 0 saturated heterocycles. The molecule has 0 radical (unpaired) electrons. The Labute approximate surface area is 95.7 Å². The first-order valence-corrected chi connectivity index (χ1v) is 5.66. The van der Waals surface area contributed by atoms with Crippen LogP contribution in [-0.4, -0.2) is 17.6 Å². The lowest BCUT2D eigenvalue weighted by Crippen LogP contribution is -2.28. The molecule has 0 saturated carbocycles. The van der Waals surface area contributed by atoms with Crippen LogP contribution in [0.4, 0.5) is 5.82 Å². The highest BCUT2D eigenvalue weighted by Gasteiger charge is 2.04. The summed E-state index contributed by atoms with van der Waals surface area (Å²) in [5, 5.41) is 4.50. The highest BCUT2D eigenvalue weighted by Crippen LogP contribution is 2.15. The van der Waals surface area contributed by atoms with Crippen LogP contribution in [0, 0.1) is 0 Å². The lowest BCUT2D eigenvalue weighted by Gasteiger charge is -2.15. The zero-order chi connectivity index (χ0) is 11.4. The van der Waals surface area contributed by atoms with E-state index in [0.29, 0.717) is 12.6 Å². The highest BCUT2D eigenvalue weighted by atomic mass is 15.0. The fourth-order valence-electron chi connectivity index (χ4n) is 1.68. The van der Waals surface area contributed by atoms with Gasteiger partial charge in [-0.3, -0.25) is 0 Å². The number of hydrogen-bond donors (Lipinski definition) is 2. The second-order valence-corrected chi connectivity index (χ2v) is 3.87. The van der Waals surface area contributed by atoms with E-state index in [2.05, 4.69) is 29.4 Å². The van der Waals surface area contributed by atoms with Crippen LogP contribution in [0.25, 0.3) is 10.9 Å². The van der Waals surface area contributed by atoms with E-state index in [9.17, 15) is 0 Å². The zero-order valence-corrected chi connectivity index (χ0v) is 9.48. The first kappa shape index (κ1) is 10.9. The molecule has 2 rings (SSSR count). The predicted octanol–water partition coefficient (Wildman–Crippen LogP) is 2.38. The molecule has 3 heteroatoms. The lowest BCUT2D eigenvalue weighted by molar-refractivity contribution is 0.700. The highest BCUT2D eigenvalue weighted by molar-refractivity contribution is 5.80. The number of nitrogens with two attached hydrogens (primary N) is 1. The molecule has 0 aliphatic carbocycles. The number of nitrogens with zero attached hydrogens (tertiary/aromatic N) is 1. The van der Waals surface area contributed by atoms with Crippen LogP contribution in [0.2, 0.25) is 0 Å². The molecular weight excluding hydrogens is 198 g/mol. The van der Waals surface area contributed by atoms with Gasteiger partial charge in [0.15, 0.2) is 0 Å². The van der Waals surface area contributed by atoms with E-state index in [0.717, 1.165) is 23.1 Å². The number of pyridine rings is 1. The first-order valence-electron chi connectivity index (χ1n) is 5.66. The van der Waals surface area contributed by atoms with Crippen LogP contribution >= 0.6 is 0 Å². The molecular formula is C13H17N3. The number of para-hydroxylation sites is 1. The van der Waals surface area contributed by atoms with E-state index >= 15 is 0 Å². The Hall–Kier alpha value is -1.61. The average molecular weight is 215 g/mol. The summed E-state index contributed by atoms with van der Waals surface area (Å²) in [4.78, 5) is 4.54. The van der Waals surface area contributed by atoms with Gasteiger partial charge in [0.2, 0.25) is 0 Å². The van der Waals surface area contributed by atoms with E-state index < -0.39 is 0 Å². The molecule has 0 aliphatic rings. The molecule has 0 fully saturated rings. The van der Waals surface area contributed by atoms with Gasteiger partial charge < -0.3 is 11.1 Å². The van der Waals surface area contributed by atoms with E-state index in [-0.39, 0.29) is 0 Å². The van der Waals surface area contributed by atoms with Crippen molar-refractivity contribution >= 4 is 16.7 Å². The van der Waals surface area contributed by atoms with Crippen molar-refractivity contribution in [1.82, 2.24) is 4.98 Å². The summed E-state index contributed by atoms with van der Waals surface area (Å²) in [5.41, 5.74) is 6.67. The Morgan fingerprint density at radius 1 is 1.25 bits per heavy atom. The van der Waals surface area contributed by atoms with Crippen molar-refractivity contribution in [1.29, 1.82) is 0 Å². The molecule has 0 aliphatic heterocycles. The van der Waals surface area contributed by atoms with E-state index in [1.807, 2.05) is 24.3 Å². The van der Waals surface area contributed by atoms with Gasteiger partial charge in [0, 0.05) is 18.0 Å². The number of rotatable bonds is 4. The summed E-state index contributed by atoms with van der Waals surface area (Å²) in [5.74, 6) is 0.899. The molecule has 0 bridgehead atoms. The minimum absolute atomic E-state index is 0.300. The van der Waals surface area contributed by atoms with Gasteiger partial charge in [0.05, 0.1) is 5.52 Å². The van der Waals surface area contributed by atoms with Crippen molar-refractivity contribution in [3.63, 3.8) is 0 Å². The monoisotopic (exact) mass is 215 g/mol. The average Bonchev–Trinajstić information content (AvgIpc) is 2.35. The van der Waals surface area contributed by atoms with Crippen molar-refractivity contribution in [2.75, 3.05) is 11.9 Å². The van der Waals surface area contributed by atoms with Crippen LogP contribution in [0.5, 0.6) is 0 Å². The van der Waals surface area contributed by atoms with E-state index in [4.69, 9.17) is 5.73 Å². The molecule has 2 aromatic rings. The van der Waals surface area contributed by atoms with E-state index in [1.54, 1.807) is 0 Å². The molecule has 3 N–H and O–H groups in total. The topological polar surface area (TPSA) is 50.9 Å². The van der Waals surface area contributed by atoms with E-state index in [1.165, 1.54) is 0 Å². The minimum atomic E-state index is 0.300. The van der Waals surface area contributed by atoms with Crippen molar-refractivity contribution in [2.45, 2.75) is 19.4 Å². The minimum Gasteiger partial charge on any atom is -0.366 e. The number of benzene rings is 1. The third kappa shape index (κ3) is 2.31. The van der Waals surface area contributed by atoms with Crippen LogP contribution in [0.3, 0.4) is 0 Å². The molecule has 1 atom stereocenters. The Kier molecular flexibility index (Phi) is 3.37. The second-order valence-electron chi connectivity index (χ2n) is 3.87. The maximum atomic E-state index is 5.65. The van der Waals surface area contributed by atoms with Crippen molar-refractivity contribution < 1.29 is 0 Å². The van der Waals surface area contributed by atoms with Crippen LogP contribution < -0.4 is 11.1 Å². The van der Waals surface area contributed by atoms with Crippen molar-refractivity contribution in [3.8, 4) is 0 Å². The number of fused-ring (bicyclic) bond motifs is 1. The summed E-state index contributed by atoms with van der Waals surface area (Å²) in [7, 11) is 0. The lowest BCUT2D eigenvalue weighted by atomic mass is 10.2. The fourth-order valence-corrected chi connectivity index (χ4v) is 1.68. The SMILES string of the molecule is CCC(CN)Nc1ccc2ccccc2n1. The van der Waals surface area contributed by atoms with Gasteiger partial charge in [-0.25, -0.2) is 4.98 Å². The molecule has 1 aromatic carbocycles. The predicted molar refractivity (Wildman–Crippen MR) is 68.5 cm³/mol. The normalized spacial score (nSPS) is 12.6.